The molecule has 1 aliphatic heterocycles. The number of hydrogen-bond acceptors (Lipinski definition) is 0. The summed E-state index contributed by atoms with van der Waals surface area (Å²) in [5.41, 5.74) is 21.5. The summed E-state index contributed by atoms with van der Waals surface area (Å²) in [6.07, 6.45) is 7.60. The van der Waals surface area contributed by atoms with Crippen molar-refractivity contribution < 1.29 is 41.4 Å². The molecular formula is C52H66Cl2Ti. The number of halogens is 2. The van der Waals surface area contributed by atoms with Gasteiger partial charge in [-0.3, -0.25) is 0 Å². The molecule has 1 heterocycles. The van der Waals surface area contributed by atoms with E-state index in [1.165, 1.54) is 65.1 Å². The minimum atomic E-state index is -2.51. The average Bonchev–Trinajstić information content (AvgIpc) is 3.61. The summed E-state index contributed by atoms with van der Waals surface area (Å²) in [7, 11) is 0. The van der Waals surface area contributed by atoms with E-state index in [4.69, 9.17) is 0 Å². The van der Waals surface area contributed by atoms with Gasteiger partial charge in [0.15, 0.2) is 0 Å². The van der Waals surface area contributed by atoms with Gasteiger partial charge in [-0.15, -0.1) is 0 Å². The van der Waals surface area contributed by atoms with E-state index in [0.29, 0.717) is 8.45 Å². The molecule has 0 spiro atoms. The molecule has 2 unspecified atom stereocenters. The fraction of sp³-hybridized carbons (Fsp3) is 0.462. The van der Waals surface area contributed by atoms with Crippen molar-refractivity contribution in [3.8, 4) is 22.3 Å². The largest absolute Gasteiger partial charge is 1.00 e. The summed E-state index contributed by atoms with van der Waals surface area (Å²) in [6.45, 7) is 33.2. The van der Waals surface area contributed by atoms with Crippen molar-refractivity contribution in [1.82, 2.24) is 0 Å². The maximum absolute atomic E-state index is 2.66. The number of hydrogen-bond donors (Lipinski definition) is 0. The molecule has 0 aromatic heterocycles. The summed E-state index contributed by atoms with van der Waals surface area (Å²) in [5.74, 6) is 0. The third kappa shape index (κ3) is 7.94. The van der Waals surface area contributed by atoms with Crippen molar-refractivity contribution in [3.05, 3.63) is 128 Å². The van der Waals surface area contributed by atoms with E-state index in [1.807, 2.05) is 0 Å². The number of fused-ring (bicyclic) bond motifs is 2. The molecule has 2 aliphatic carbocycles. The van der Waals surface area contributed by atoms with E-state index in [0.717, 1.165) is 12.8 Å². The topological polar surface area (TPSA) is 0 Å². The summed E-state index contributed by atoms with van der Waals surface area (Å²) in [5, 5.41) is 0. The monoisotopic (exact) mass is 808 g/mol. The summed E-state index contributed by atoms with van der Waals surface area (Å²) in [4.78, 5) is 0. The molecule has 2 atom stereocenters. The normalized spacial score (nSPS) is 18.2. The Hall–Kier alpha value is -2.35. The van der Waals surface area contributed by atoms with Gasteiger partial charge in [0.2, 0.25) is 0 Å². The van der Waals surface area contributed by atoms with Gasteiger partial charge in [0.1, 0.15) is 0 Å². The van der Waals surface area contributed by atoms with Crippen LogP contribution in [0.5, 0.6) is 0 Å². The van der Waals surface area contributed by atoms with Gasteiger partial charge in [0, 0.05) is 0 Å². The number of rotatable bonds is 6. The van der Waals surface area contributed by atoms with Crippen molar-refractivity contribution in [2.75, 3.05) is 0 Å². The second kappa shape index (κ2) is 15.1. The zero-order valence-electron chi connectivity index (χ0n) is 36.3. The molecule has 0 nitrogen and oxygen atoms in total. The van der Waals surface area contributed by atoms with Crippen LogP contribution in [-0.2, 0) is 38.2 Å². The Bertz CT molecular complexity index is 1930. The van der Waals surface area contributed by atoms with Crippen LogP contribution in [0.2, 0.25) is 9.45 Å². The molecule has 1 fully saturated rings. The first kappa shape index (κ1) is 43.8. The predicted octanol–water partition coefficient (Wildman–Crippen LogP) is 9.62. The average molecular weight is 810 g/mol. The van der Waals surface area contributed by atoms with Gasteiger partial charge in [0.25, 0.3) is 0 Å². The smallest absolute Gasteiger partial charge is 1.00 e. The SMILES string of the molecule is CCC1=Cc2c(-c3cc(C(C)(C)C)cc(C(C)(C)C)c3)cccc2[CH]1[Ti+2]1([CH]2C(CC)=Cc3c(-c4cc(C(C)(C)C)cc(C(C)(C)C)c4)cccc32)[CH2][CH2]1.[Cl-].[Cl-]. The van der Waals surface area contributed by atoms with Crippen LogP contribution < -0.4 is 24.8 Å². The number of benzene rings is 4. The van der Waals surface area contributed by atoms with Gasteiger partial charge in [-0.25, -0.2) is 0 Å². The molecule has 0 bridgehead atoms. The van der Waals surface area contributed by atoms with Crippen molar-refractivity contribution in [1.29, 1.82) is 0 Å². The Labute approximate surface area is 351 Å². The first-order chi connectivity index (χ1) is 24.7. The molecule has 292 valence electrons. The van der Waals surface area contributed by atoms with Crippen LogP contribution in [0.25, 0.3) is 34.4 Å². The molecule has 3 heteroatoms. The standard InChI is InChI=1S/2C25H31.C2H4.2ClH.Ti/c2*1-8-17-12-18-10-9-11-22(23(18)13-17)19-14-20(24(2,3)4)16-21(15-19)25(5,6)7;1-2;;;/h2*9-16H,8H2,1-7H3;1-2H2;2*1H;/q;;;;;+2/p-2. The summed E-state index contributed by atoms with van der Waals surface area (Å²) >= 11 is -2.51. The zero-order valence-corrected chi connectivity index (χ0v) is 39.4. The van der Waals surface area contributed by atoms with Crippen LogP contribution in [0.4, 0.5) is 0 Å². The molecule has 4 aromatic rings. The minimum absolute atomic E-state index is 0. The van der Waals surface area contributed by atoms with E-state index in [9.17, 15) is 0 Å². The molecule has 3 aliphatic rings. The van der Waals surface area contributed by atoms with Gasteiger partial charge in [0.05, 0.1) is 0 Å². The Kier molecular flexibility index (Phi) is 12.0. The fourth-order valence-electron chi connectivity index (χ4n) is 9.59. The van der Waals surface area contributed by atoms with Gasteiger partial charge >= 0.3 is 329 Å². The maximum Gasteiger partial charge on any atom is -1.00 e. The Morgan fingerprint density at radius 3 is 1.04 bits per heavy atom. The molecule has 0 N–H and O–H groups in total. The van der Waals surface area contributed by atoms with E-state index in [2.05, 4.69) is 182 Å². The maximum atomic E-state index is 2.66. The molecule has 55 heavy (non-hydrogen) atoms. The first-order valence-electron chi connectivity index (χ1n) is 20.7. The predicted molar refractivity (Wildman–Crippen MR) is 230 cm³/mol. The van der Waals surface area contributed by atoms with Crippen LogP contribution in [-0.4, -0.2) is 0 Å². The second-order valence-electron chi connectivity index (χ2n) is 21.0. The molecule has 0 saturated carbocycles. The van der Waals surface area contributed by atoms with E-state index >= 15 is 0 Å². The Balaban J connectivity index is 0.00000290. The molecule has 7 rings (SSSR count). The van der Waals surface area contributed by atoms with Gasteiger partial charge in [-0.2, -0.15) is 0 Å². The van der Waals surface area contributed by atoms with Crippen molar-refractivity contribution in [2.24, 2.45) is 0 Å². The Morgan fingerprint density at radius 1 is 0.473 bits per heavy atom. The molecule has 0 radical (unpaired) electrons. The second-order valence-corrected chi connectivity index (χ2v) is 28.2. The number of allylic oxidation sites excluding steroid dienone is 2. The van der Waals surface area contributed by atoms with E-state index in [1.54, 1.807) is 22.3 Å². The minimum Gasteiger partial charge on any atom is -1.00 e. The molecule has 0 amide bonds. The summed E-state index contributed by atoms with van der Waals surface area (Å²) in [6, 6.07) is 29.6. The van der Waals surface area contributed by atoms with Crippen LogP contribution in [0.15, 0.2) is 83.9 Å². The quantitative estimate of drug-likeness (QED) is 0.170. The van der Waals surface area contributed by atoms with Crippen LogP contribution in [0.3, 0.4) is 0 Å². The molecular weight excluding hydrogens is 743 g/mol. The van der Waals surface area contributed by atoms with Gasteiger partial charge in [-0.05, 0) is 0 Å². The van der Waals surface area contributed by atoms with Crippen LogP contribution in [0.1, 0.15) is 163 Å². The zero-order chi connectivity index (χ0) is 38.5. The van der Waals surface area contributed by atoms with Gasteiger partial charge < -0.3 is 24.8 Å². The third-order valence-corrected chi connectivity index (χ3v) is 21.4. The fourth-order valence-corrected chi connectivity index (χ4v) is 20.1. The third-order valence-electron chi connectivity index (χ3n) is 13.0. The first-order valence-corrected chi connectivity index (χ1v) is 24.7. The molecule has 4 aromatic carbocycles. The van der Waals surface area contributed by atoms with Crippen LogP contribution >= 0.6 is 0 Å². The van der Waals surface area contributed by atoms with Crippen molar-refractivity contribution >= 4 is 12.2 Å². The van der Waals surface area contributed by atoms with Gasteiger partial charge in [-0.1, -0.05) is 0 Å². The Morgan fingerprint density at radius 2 is 0.782 bits per heavy atom. The van der Waals surface area contributed by atoms with E-state index < -0.39 is 16.6 Å². The van der Waals surface area contributed by atoms with E-state index in [-0.39, 0.29) is 46.5 Å². The van der Waals surface area contributed by atoms with Crippen molar-refractivity contribution in [3.63, 3.8) is 0 Å². The molecule has 1 saturated heterocycles. The van der Waals surface area contributed by atoms with Crippen molar-refractivity contribution in [2.45, 2.75) is 149 Å². The summed E-state index contributed by atoms with van der Waals surface area (Å²) < 4.78 is 4.21. The van der Waals surface area contributed by atoms with Crippen LogP contribution in [0, 0.1) is 0 Å².